The molecule has 442 valence electrons. The molecule has 0 radical (unpaired) electrons. The summed E-state index contributed by atoms with van der Waals surface area (Å²) in [5, 5.41) is 4.79. The van der Waals surface area contributed by atoms with Crippen LogP contribution in [0.1, 0.15) is 98.4 Å². The molecule has 0 N–H and O–H groups in total. The number of urea groups is 1. The predicted molar refractivity (Wildman–Crippen MR) is 318 cm³/mol. The molecule has 1 aromatic heterocycles. The van der Waals surface area contributed by atoms with Crippen LogP contribution >= 0.6 is 7.60 Å². The fourth-order valence-corrected chi connectivity index (χ4v) is 11.4. The molecule has 3 heterocycles. The highest BCUT2D eigenvalue weighted by Crippen LogP contribution is 2.49. The van der Waals surface area contributed by atoms with E-state index in [-0.39, 0.29) is 35.8 Å². The first kappa shape index (κ1) is 60.4. The summed E-state index contributed by atoms with van der Waals surface area (Å²) in [6.45, 7) is 18.8. The molecule has 9 rings (SSSR count). The Morgan fingerprint density at radius 3 is 1.45 bits per heavy atom. The molecule has 4 atom stereocenters. The van der Waals surface area contributed by atoms with Crippen LogP contribution in [0.2, 0.25) is 0 Å². The molecule has 19 heteroatoms. The average molecular weight is 1160 g/mol. The minimum Gasteiger partial charge on any atom is -0.479 e. The lowest BCUT2D eigenvalue weighted by Crippen LogP contribution is -2.51. The van der Waals surface area contributed by atoms with Crippen LogP contribution in [-0.4, -0.2) is 97.1 Å². The second kappa shape index (κ2) is 24.6. The summed E-state index contributed by atoms with van der Waals surface area (Å²) in [6, 6.07) is 47.9. The highest BCUT2D eigenvalue weighted by molar-refractivity contribution is 7.54. The van der Waals surface area contributed by atoms with Crippen LogP contribution in [-0.2, 0) is 54.2 Å². The molecule has 7 aromatic rings. The topological polar surface area (TPSA) is 187 Å². The fraction of sp³-hybridized carbons (Fsp3) is 0.369. The number of carbonyl (C=O) groups is 4. The zero-order valence-electron chi connectivity index (χ0n) is 49.4. The maximum Gasteiger partial charge on any atom is 0.468 e. The first-order chi connectivity index (χ1) is 39.7. The van der Waals surface area contributed by atoms with Crippen LogP contribution in [0.3, 0.4) is 0 Å². The van der Waals surface area contributed by atoms with Gasteiger partial charge in [0.05, 0.1) is 17.6 Å². The van der Waals surface area contributed by atoms with Gasteiger partial charge in [0.15, 0.2) is 11.6 Å². The molecule has 0 bridgehead atoms. The van der Waals surface area contributed by atoms with E-state index in [4.69, 9.17) is 37.5 Å². The highest BCUT2D eigenvalue weighted by Gasteiger charge is 2.55. The number of imide groups is 1. The first-order valence-corrected chi connectivity index (χ1v) is 29.7. The number of hydrogen-bond acceptors (Lipinski definition) is 14. The lowest BCUT2D eigenvalue weighted by molar-refractivity contribution is -0.157. The van der Waals surface area contributed by atoms with Crippen molar-refractivity contribution in [3.63, 3.8) is 0 Å². The number of carbonyl (C=O) groups excluding carboxylic acids is 4. The summed E-state index contributed by atoms with van der Waals surface area (Å²) in [5.41, 5.74) is 0.232. The normalized spacial score (nSPS) is 18.1. The van der Waals surface area contributed by atoms with Crippen molar-refractivity contribution in [2.45, 2.75) is 149 Å². The number of ether oxygens (including phenoxy) is 6. The number of fused-ring (bicyclic) bond motifs is 2. The SMILES string of the molecule is CC(C)(C)OC(=O)N(C(=O)OC(C)(C)C)c1nn(C(=O)OC(C)(C)C)c2ccc(CN3C(=O)N(Cc4cccc(OCP(=O)(Oc5ccccc5)Oc5ccccc5)c4)[C@H](Cc4ccccc4)[C@@H]4OC(C)(C)O[C@H]4[C@H]3Cc3ccccc3)cc12. The van der Waals surface area contributed by atoms with Crippen molar-refractivity contribution in [3.05, 3.63) is 186 Å². The number of anilines is 1. The van der Waals surface area contributed by atoms with Gasteiger partial charge < -0.3 is 47.3 Å². The molecule has 4 amide bonds. The molecule has 2 aliphatic heterocycles. The third-order valence-corrected chi connectivity index (χ3v) is 14.8. The summed E-state index contributed by atoms with van der Waals surface area (Å²) in [5.74, 6) is -0.316. The lowest BCUT2D eigenvalue weighted by atomic mass is 9.91. The number of benzene rings is 6. The van der Waals surface area contributed by atoms with Gasteiger partial charge in [-0.2, -0.15) is 9.58 Å². The number of hydrogen-bond donors (Lipinski definition) is 0. The molecule has 84 heavy (non-hydrogen) atoms. The van der Waals surface area contributed by atoms with E-state index < -0.39 is 79.1 Å². The van der Waals surface area contributed by atoms with Crippen molar-refractivity contribution in [2.75, 3.05) is 11.2 Å². The Morgan fingerprint density at radius 2 is 0.988 bits per heavy atom. The quantitative estimate of drug-likeness (QED) is 0.0657. The smallest absolute Gasteiger partial charge is 0.468 e. The summed E-state index contributed by atoms with van der Waals surface area (Å²) in [6.07, 6.45) is -4.14. The Hall–Kier alpha value is -8.18. The van der Waals surface area contributed by atoms with E-state index in [2.05, 4.69) is 5.10 Å². The highest BCUT2D eigenvalue weighted by atomic mass is 31.2. The molecule has 6 aromatic carbocycles. The Morgan fingerprint density at radius 1 is 0.560 bits per heavy atom. The Labute approximate surface area is 491 Å². The van der Waals surface area contributed by atoms with E-state index in [1.165, 1.54) is 0 Å². The maximum atomic E-state index is 16.4. The van der Waals surface area contributed by atoms with Crippen LogP contribution in [0.4, 0.5) is 25.0 Å². The van der Waals surface area contributed by atoms with E-state index >= 15 is 4.79 Å². The van der Waals surface area contributed by atoms with Crippen LogP contribution in [0.15, 0.2) is 164 Å². The number of nitrogens with zero attached hydrogens (tertiary/aromatic N) is 5. The van der Waals surface area contributed by atoms with E-state index in [9.17, 15) is 18.9 Å². The van der Waals surface area contributed by atoms with Crippen molar-refractivity contribution in [1.82, 2.24) is 19.6 Å². The zero-order valence-corrected chi connectivity index (χ0v) is 50.3. The van der Waals surface area contributed by atoms with Gasteiger partial charge >= 0.3 is 31.9 Å². The molecular weight excluding hydrogens is 1090 g/mol. The molecule has 2 aliphatic rings. The Bertz CT molecular complexity index is 3420. The average Bonchev–Trinajstić information content (AvgIpc) is 1.73. The largest absolute Gasteiger partial charge is 0.479 e. The van der Waals surface area contributed by atoms with E-state index in [0.29, 0.717) is 46.1 Å². The number of rotatable bonds is 16. The summed E-state index contributed by atoms with van der Waals surface area (Å²) in [7, 11) is -4.01. The van der Waals surface area contributed by atoms with Gasteiger partial charge in [-0.15, -0.1) is 5.10 Å². The third kappa shape index (κ3) is 15.3. The van der Waals surface area contributed by atoms with Crippen molar-refractivity contribution in [1.29, 1.82) is 0 Å². The zero-order chi connectivity index (χ0) is 60.2. The van der Waals surface area contributed by atoms with Gasteiger partial charge in [-0.3, -0.25) is 0 Å². The van der Waals surface area contributed by atoms with E-state index in [1.807, 2.05) is 97.6 Å². The third-order valence-electron chi connectivity index (χ3n) is 13.4. The van der Waals surface area contributed by atoms with E-state index in [1.54, 1.807) is 152 Å². The second-order valence-corrected chi connectivity index (χ2v) is 26.2. The van der Waals surface area contributed by atoms with Crippen molar-refractivity contribution >= 4 is 48.6 Å². The fourth-order valence-electron chi connectivity index (χ4n) is 10.1. The maximum absolute atomic E-state index is 16.4. The first-order valence-electron chi connectivity index (χ1n) is 28.0. The van der Waals surface area contributed by atoms with Gasteiger partial charge in [0.1, 0.15) is 46.3 Å². The van der Waals surface area contributed by atoms with Gasteiger partial charge in [-0.05, 0) is 160 Å². The summed E-state index contributed by atoms with van der Waals surface area (Å²) in [4.78, 5) is 63.3. The monoisotopic (exact) mass is 1160 g/mol. The minimum absolute atomic E-state index is 0.0506. The lowest BCUT2D eigenvalue weighted by Gasteiger charge is -2.37. The Balaban J connectivity index is 1.16. The van der Waals surface area contributed by atoms with Crippen LogP contribution in [0, 0.1) is 0 Å². The molecular formula is C65H74N5O13P. The molecule has 0 spiro atoms. The van der Waals surface area contributed by atoms with E-state index in [0.717, 1.165) is 15.8 Å². The van der Waals surface area contributed by atoms with Crippen molar-refractivity contribution in [2.24, 2.45) is 0 Å². The minimum atomic E-state index is -4.01. The molecule has 18 nitrogen and oxygen atoms in total. The van der Waals surface area contributed by atoms with Gasteiger partial charge in [0.2, 0.25) is 6.35 Å². The van der Waals surface area contributed by atoms with Crippen molar-refractivity contribution in [3.8, 4) is 17.2 Å². The predicted octanol–water partition coefficient (Wildman–Crippen LogP) is 14.4. The van der Waals surface area contributed by atoms with Crippen LogP contribution in [0.25, 0.3) is 10.9 Å². The van der Waals surface area contributed by atoms with Gasteiger partial charge in [0, 0.05) is 18.5 Å². The molecule has 2 fully saturated rings. The molecule has 2 saturated heterocycles. The molecule has 0 saturated carbocycles. The van der Waals surface area contributed by atoms with Gasteiger partial charge in [-0.1, -0.05) is 115 Å². The molecule has 0 unspecified atom stereocenters. The number of aromatic nitrogens is 2. The molecule has 0 aliphatic carbocycles. The Kier molecular flexibility index (Phi) is 17.7. The summed E-state index contributed by atoms with van der Waals surface area (Å²) < 4.78 is 65.3. The van der Waals surface area contributed by atoms with Crippen LogP contribution in [0.5, 0.6) is 17.2 Å². The van der Waals surface area contributed by atoms with Crippen molar-refractivity contribution < 1.29 is 61.2 Å². The van der Waals surface area contributed by atoms with Gasteiger partial charge in [0.25, 0.3) is 0 Å². The number of para-hydroxylation sites is 2. The second-order valence-electron chi connectivity index (χ2n) is 24.3. The standard InChI is InChI=1S/C65H74N5O13P/c1-62(2,3)79-59(72)69(60(73)80-63(4,5)6)57-51-38-47(35-36-52(51)70(66-57)61(74)81-64(7,8)9)42-68-54(40-45-27-18-13-19-28-45)56-55(77-65(10,11)78-56)53(39-44-25-16-12-17-26-44)67(58(68)71)41-46-29-24-34-50(37-46)76-43-84(75,82-48-30-20-14-21-31-48)83-49-32-22-15-23-33-49/h12-38,53-56H,39-43H2,1-11H3/t53-,54-,55+,56+/m1/s1. The van der Waals surface area contributed by atoms with Crippen LogP contribution < -0.4 is 18.7 Å². The summed E-state index contributed by atoms with van der Waals surface area (Å²) >= 11 is 0. The van der Waals surface area contributed by atoms with Gasteiger partial charge in [-0.25, -0.2) is 23.7 Å². The number of amides is 4.